The lowest BCUT2D eigenvalue weighted by Gasteiger charge is -2.29. The minimum Gasteiger partial charge on any atom is -0.508 e. The van der Waals surface area contributed by atoms with Crippen molar-refractivity contribution in [2.75, 3.05) is 57.7 Å². The van der Waals surface area contributed by atoms with Gasteiger partial charge in [-0.15, -0.1) is 0 Å². The normalized spacial score (nSPS) is 14.5. The Labute approximate surface area is 330 Å². The topological polar surface area (TPSA) is 158 Å². The van der Waals surface area contributed by atoms with Gasteiger partial charge in [-0.3, -0.25) is 0 Å². The summed E-state index contributed by atoms with van der Waals surface area (Å²) in [6.07, 6.45) is 3.79. The highest BCUT2D eigenvalue weighted by Crippen LogP contribution is 2.49. The summed E-state index contributed by atoms with van der Waals surface area (Å²) in [6.45, 7) is 7.94. The molecule has 4 heterocycles. The highest BCUT2D eigenvalue weighted by atomic mass is 79.9. The quantitative estimate of drug-likeness (QED) is 0.122. The molecule has 1 unspecified atom stereocenters. The summed E-state index contributed by atoms with van der Waals surface area (Å²) in [5.74, 6) is 2.53. The number of nitrogens with zero attached hydrogens (tertiary/aromatic N) is 6. The van der Waals surface area contributed by atoms with Gasteiger partial charge in [-0.25, -0.2) is 6.57 Å². The zero-order valence-electron chi connectivity index (χ0n) is 31.3. The van der Waals surface area contributed by atoms with E-state index in [1.807, 2.05) is 73.4 Å². The van der Waals surface area contributed by atoms with Crippen LogP contribution in [0, 0.1) is 29.2 Å². The van der Waals surface area contributed by atoms with E-state index in [0.717, 1.165) is 75.0 Å². The smallest absolute Gasteiger partial charge is 0.298 e. The third-order valence-electron chi connectivity index (χ3n) is 9.65. The fraction of sp³-hybridized carbons (Fsp3) is 0.262. The Hall–Kier alpha value is -6.49. The summed E-state index contributed by atoms with van der Waals surface area (Å²) >= 11 is 3.55. The Kier molecular flexibility index (Phi) is 12.7. The average molecular weight is 807 g/mol. The number of rotatable bonds is 3. The summed E-state index contributed by atoms with van der Waals surface area (Å²) in [5, 5.41) is 37.1. The lowest BCUT2D eigenvalue weighted by molar-refractivity contribution is 0.352. The molecule has 1 atom stereocenters. The van der Waals surface area contributed by atoms with Gasteiger partial charge in [0.25, 0.3) is 6.54 Å². The number of benzene rings is 4. The molecule has 4 N–H and O–H groups in total. The number of aromatic hydroxyl groups is 2. The van der Waals surface area contributed by atoms with Crippen molar-refractivity contribution in [1.82, 2.24) is 4.57 Å². The van der Waals surface area contributed by atoms with Crippen LogP contribution >= 0.6 is 15.9 Å². The molecule has 0 fully saturated rings. The van der Waals surface area contributed by atoms with E-state index >= 15 is 0 Å². The number of allylic oxidation sites excluding steroid dienone is 1. The second-order valence-corrected chi connectivity index (χ2v) is 13.7. The van der Waals surface area contributed by atoms with E-state index < -0.39 is 0 Å². The maximum atomic E-state index is 9.81. The summed E-state index contributed by atoms with van der Waals surface area (Å²) < 4.78 is 19.6. The Morgan fingerprint density at radius 3 is 2.22 bits per heavy atom. The van der Waals surface area contributed by atoms with Crippen molar-refractivity contribution in [3.05, 3.63) is 123 Å². The molecule has 3 aliphatic rings. The third-order valence-corrected chi connectivity index (χ3v) is 10.2. The van der Waals surface area contributed by atoms with Gasteiger partial charge < -0.3 is 49.4 Å². The molecule has 3 aliphatic heterocycles. The molecule has 8 rings (SSSR count). The molecule has 284 valence electrons. The summed E-state index contributed by atoms with van der Waals surface area (Å²) in [6, 6.07) is 24.9. The number of hydrogen-bond acceptors (Lipinski definition) is 10. The monoisotopic (exact) mass is 805 g/mol. The van der Waals surface area contributed by atoms with Crippen LogP contribution in [0.4, 0.5) is 11.4 Å². The number of aryl methyl sites for hydroxylation is 1. The summed E-state index contributed by atoms with van der Waals surface area (Å²) in [4.78, 5) is 7.10. The first kappa shape index (κ1) is 39.7. The molecule has 4 aromatic carbocycles. The lowest BCUT2D eigenvalue weighted by atomic mass is 9.82. The van der Waals surface area contributed by atoms with Crippen LogP contribution < -0.4 is 29.7 Å². The van der Waals surface area contributed by atoms with Crippen LogP contribution in [0.2, 0.25) is 0 Å². The van der Waals surface area contributed by atoms with E-state index in [4.69, 9.17) is 31.8 Å². The number of phenolic OH excluding ortho intramolecular Hbond substituents is 2. The van der Waals surface area contributed by atoms with Gasteiger partial charge in [0.05, 0.1) is 30.1 Å². The highest BCUT2D eigenvalue weighted by Gasteiger charge is 2.35. The fourth-order valence-corrected chi connectivity index (χ4v) is 7.54. The molecule has 5 aromatic rings. The Bertz CT molecular complexity index is 2360. The maximum Gasteiger partial charge on any atom is 0.298 e. The van der Waals surface area contributed by atoms with Crippen molar-refractivity contribution in [2.45, 2.75) is 18.8 Å². The first-order valence-electron chi connectivity index (χ1n) is 17.3. The van der Waals surface area contributed by atoms with E-state index in [-0.39, 0.29) is 19.8 Å². The lowest BCUT2D eigenvalue weighted by Crippen LogP contribution is -2.22. The molecule has 0 aliphatic carbocycles. The second-order valence-electron chi connectivity index (χ2n) is 12.9. The second kappa shape index (κ2) is 17.6. The van der Waals surface area contributed by atoms with Gasteiger partial charge >= 0.3 is 0 Å². The Morgan fingerprint density at radius 2 is 1.62 bits per heavy atom. The molecular formula is C42H44BrN7O5. The number of phenols is 2. The molecule has 55 heavy (non-hydrogen) atoms. The molecule has 0 saturated carbocycles. The summed E-state index contributed by atoms with van der Waals surface area (Å²) in [7, 11) is 9.24. The predicted octanol–water partition coefficient (Wildman–Crippen LogP) is 7.62. The van der Waals surface area contributed by atoms with Crippen molar-refractivity contribution in [2.24, 2.45) is 12.8 Å². The molecule has 1 aromatic heterocycles. The average Bonchev–Trinajstić information content (AvgIpc) is 3.89. The van der Waals surface area contributed by atoms with E-state index in [0.29, 0.717) is 28.6 Å². The van der Waals surface area contributed by atoms with E-state index in [2.05, 4.69) is 49.8 Å². The molecule has 0 spiro atoms. The summed E-state index contributed by atoms with van der Waals surface area (Å²) in [5.41, 5.74) is 14.0. The van der Waals surface area contributed by atoms with Crippen molar-refractivity contribution in [1.29, 1.82) is 10.5 Å². The van der Waals surface area contributed by atoms with Crippen molar-refractivity contribution in [3.63, 3.8) is 0 Å². The number of anilines is 2. The van der Waals surface area contributed by atoms with E-state index in [1.54, 1.807) is 32.4 Å². The van der Waals surface area contributed by atoms with Gasteiger partial charge in [-0.2, -0.15) is 10.5 Å². The SMILES string of the molecule is CN1CCc2c(O)cccc21.COc1cc(C2C(C#N)=C(N)Oc3c2ccc2c3CCN2C)cc(Br)c1OC.Cn1ccc2c(O)cccc21.[C-]#[N+]CC#N.[HH]. The zero-order chi connectivity index (χ0) is 39.8. The largest absolute Gasteiger partial charge is 0.508 e. The van der Waals surface area contributed by atoms with Crippen LogP contribution in [-0.4, -0.2) is 62.7 Å². The zero-order valence-corrected chi connectivity index (χ0v) is 32.9. The number of fused-ring (bicyclic) bond motifs is 5. The van der Waals surface area contributed by atoms with Crippen LogP contribution in [0.25, 0.3) is 15.7 Å². The number of nitriles is 2. The Balaban J connectivity index is 0.000000203. The highest BCUT2D eigenvalue weighted by molar-refractivity contribution is 9.10. The third kappa shape index (κ3) is 8.21. The minimum atomic E-state index is -0.346. The predicted molar refractivity (Wildman–Crippen MR) is 219 cm³/mol. The van der Waals surface area contributed by atoms with Crippen LogP contribution in [0.1, 0.15) is 29.6 Å². The molecule has 13 heteroatoms. The number of likely N-dealkylation sites (N-methyl/N-ethyl adjacent to an activating group) is 2. The molecular weight excluding hydrogens is 762 g/mol. The van der Waals surface area contributed by atoms with Crippen LogP contribution in [0.15, 0.2) is 88.9 Å². The van der Waals surface area contributed by atoms with E-state index in [1.165, 1.54) is 5.69 Å². The van der Waals surface area contributed by atoms with Crippen molar-refractivity contribution < 1.29 is 25.9 Å². The fourth-order valence-electron chi connectivity index (χ4n) is 6.91. The first-order valence-corrected chi connectivity index (χ1v) is 18.1. The minimum absolute atomic E-state index is 0. The number of nitrogens with two attached hydrogens (primary N) is 1. The number of hydrogen-bond donors (Lipinski definition) is 3. The molecule has 12 nitrogen and oxygen atoms in total. The molecule has 0 radical (unpaired) electrons. The first-order chi connectivity index (χ1) is 26.5. The van der Waals surface area contributed by atoms with Gasteiger partial charge in [0.2, 0.25) is 5.88 Å². The standard InChI is InChI=1S/C21H20BrN3O3.C9H11NO.C9H9NO.C3H2N2.H2/c1-25-7-6-12-16(25)5-4-13-18(14(10-23)21(24)28-19(12)13)11-8-15(22)20(27-3)17(9-11)26-2;2*1-10-6-5-7-8(10)3-2-4-9(7)11;1-5-3-2-4;/h4-5,8-9,18H,6-7,24H2,1-3H3;2-4,11H,5-6H2,1H3;2-6,11H,1H3;3H2;1H. The van der Waals surface area contributed by atoms with Crippen molar-refractivity contribution in [3.8, 4) is 40.9 Å². The van der Waals surface area contributed by atoms with Gasteiger partial charge in [-0.05, 0) is 82.9 Å². The van der Waals surface area contributed by atoms with Gasteiger partial charge in [0.15, 0.2) is 11.5 Å². The van der Waals surface area contributed by atoms with Gasteiger partial charge in [-0.1, -0.05) is 18.2 Å². The van der Waals surface area contributed by atoms with Crippen LogP contribution in [-0.2, 0) is 19.9 Å². The molecule has 0 bridgehead atoms. The van der Waals surface area contributed by atoms with Crippen LogP contribution in [0.5, 0.6) is 28.7 Å². The van der Waals surface area contributed by atoms with Gasteiger partial charge in [0.1, 0.15) is 35.0 Å². The molecule has 0 saturated heterocycles. The van der Waals surface area contributed by atoms with Crippen LogP contribution in [0.3, 0.4) is 0 Å². The number of halogens is 1. The number of methoxy groups -OCH3 is 2. The maximum absolute atomic E-state index is 9.81. The number of ether oxygens (including phenoxy) is 3. The Morgan fingerprint density at radius 1 is 0.945 bits per heavy atom. The number of aromatic nitrogens is 1. The molecule has 0 amide bonds. The van der Waals surface area contributed by atoms with Crippen molar-refractivity contribution >= 4 is 38.2 Å². The van der Waals surface area contributed by atoms with E-state index in [9.17, 15) is 15.5 Å². The van der Waals surface area contributed by atoms with Gasteiger partial charge in [0, 0.05) is 75.3 Å².